The topological polar surface area (TPSA) is 106 Å². The van der Waals surface area contributed by atoms with Crippen LogP contribution in [0.4, 0.5) is 4.79 Å². The monoisotopic (exact) mass is 653 g/mol. The molecular formula is C25H25Cl6N5O3. The molecule has 210 valence electrons. The van der Waals surface area contributed by atoms with Crippen molar-refractivity contribution in [2.24, 2.45) is 15.8 Å². The Morgan fingerprint density at radius 3 is 2.15 bits per heavy atom. The summed E-state index contributed by atoms with van der Waals surface area (Å²) < 4.78 is 1.57. The van der Waals surface area contributed by atoms with Crippen LogP contribution in [0, 0.1) is 10.8 Å². The molecule has 0 radical (unpaired) electrons. The summed E-state index contributed by atoms with van der Waals surface area (Å²) in [5.41, 5.74) is 0.479. The fraction of sp³-hybridized carbons (Fsp3) is 0.480. The molecule has 1 aliphatic carbocycles. The minimum Gasteiger partial charge on any atom is -0.410 e. The van der Waals surface area contributed by atoms with Crippen molar-refractivity contribution in [3.8, 4) is 5.75 Å². The minimum atomic E-state index is -1.95. The zero-order valence-corrected chi connectivity index (χ0v) is 25.7. The number of benzene rings is 1. The molecule has 14 heteroatoms. The normalized spacial score (nSPS) is 21.3. The molecule has 3 rings (SSSR count). The molecule has 1 aromatic heterocycles. The van der Waals surface area contributed by atoms with Crippen LogP contribution in [0.2, 0.25) is 0 Å². The fourth-order valence-corrected chi connectivity index (χ4v) is 5.43. The van der Waals surface area contributed by atoms with Crippen LogP contribution in [0.15, 0.2) is 29.3 Å². The van der Waals surface area contributed by atoms with Gasteiger partial charge in [-0.3, -0.25) is 0 Å². The van der Waals surface area contributed by atoms with E-state index in [9.17, 15) is 9.59 Å². The standard InChI is InChI=1S/C25H25Cl6N5O3/c1-22(2)10-16(11-23(3,12-22)13-32-14-37)33-21(38)39-17-7-4-15(5-8-17)6-9-18-34-19(24(26,27)28)36-20(35-18)25(29,30)31/h4-9,16H,10-13H2,1-3H3,(H,33,38)/b9-6+. The molecule has 39 heavy (non-hydrogen) atoms. The predicted octanol–water partition coefficient (Wildman–Crippen LogP) is 7.70. The van der Waals surface area contributed by atoms with Gasteiger partial charge in [-0.25, -0.2) is 29.5 Å². The summed E-state index contributed by atoms with van der Waals surface area (Å²) in [6.45, 7) is 6.70. The van der Waals surface area contributed by atoms with E-state index in [2.05, 4.69) is 46.0 Å². The second-order valence-corrected chi connectivity index (χ2v) is 15.0. The van der Waals surface area contributed by atoms with Gasteiger partial charge < -0.3 is 10.1 Å². The van der Waals surface area contributed by atoms with Crippen molar-refractivity contribution in [3.05, 3.63) is 47.3 Å². The maximum absolute atomic E-state index is 12.6. The van der Waals surface area contributed by atoms with Crippen molar-refractivity contribution in [2.45, 2.75) is 53.7 Å². The Morgan fingerprint density at radius 1 is 1.03 bits per heavy atom. The molecule has 8 nitrogen and oxygen atoms in total. The number of alkyl halides is 6. The third-order valence-corrected chi connectivity index (χ3v) is 6.98. The molecular weight excluding hydrogens is 631 g/mol. The minimum absolute atomic E-state index is 0.0328. The summed E-state index contributed by atoms with van der Waals surface area (Å²) in [5.74, 6) is 0.0616. The van der Waals surface area contributed by atoms with E-state index in [0.717, 1.165) is 18.4 Å². The third kappa shape index (κ3) is 9.75. The smallest absolute Gasteiger partial charge is 0.410 e. The van der Waals surface area contributed by atoms with Gasteiger partial charge in [0.1, 0.15) is 5.75 Å². The SMILES string of the molecule is CC1(C)CC(NC(=O)Oc2ccc(/C=C/c3nc(C(Cl)(Cl)Cl)nc(C(Cl)(Cl)Cl)n3)cc2)CC(C)(CN=C=O)C1. The molecule has 1 heterocycles. The van der Waals surface area contributed by atoms with Gasteiger partial charge in [0.2, 0.25) is 13.7 Å². The first-order valence-electron chi connectivity index (χ1n) is 11.7. The Balaban J connectivity index is 1.67. The highest BCUT2D eigenvalue weighted by Gasteiger charge is 2.42. The number of hydrogen-bond donors (Lipinski definition) is 1. The van der Waals surface area contributed by atoms with Crippen molar-refractivity contribution < 1.29 is 14.3 Å². The lowest BCUT2D eigenvalue weighted by Crippen LogP contribution is -2.48. The lowest BCUT2D eigenvalue weighted by Gasteiger charge is -2.45. The Kier molecular flexibility index (Phi) is 10.2. The van der Waals surface area contributed by atoms with Gasteiger partial charge in [0.25, 0.3) is 0 Å². The quantitative estimate of drug-likeness (QED) is 0.194. The third-order valence-electron chi connectivity index (χ3n) is 5.97. The highest BCUT2D eigenvalue weighted by atomic mass is 35.6. The van der Waals surface area contributed by atoms with Crippen LogP contribution in [0.5, 0.6) is 5.75 Å². The molecule has 2 atom stereocenters. The van der Waals surface area contributed by atoms with Crippen LogP contribution >= 0.6 is 69.6 Å². The number of carbonyl (C=O) groups excluding carboxylic acids is 2. The highest BCUT2D eigenvalue weighted by Crippen LogP contribution is 2.46. The first-order chi connectivity index (χ1) is 18.0. The number of halogens is 6. The van der Waals surface area contributed by atoms with Gasteiger partial charge in [-0.1, -0.05) is 109 Å². The molecule has 2 aromatic rings. The number of aliphatic imine (C=N–C) groups is 1. The van der Waals surface area contributed by atoms with E-state index in [-0.39, 0.29) is 34.3 Å². The van der Waals surface area contributed by atoms with E-state index < -0.39 is 13.7 Å². The second-order valence-electron chi connectivity index (χ2n) is 10.4. The van der Waals surface area contributed by atoms with Crippen LogP contribution in [0.25, 0.3) is 12.2 Å². The van der Waals surface area contributed by atoms with E-state index in [1.165, 1.54) is 6.08 Å². The Labute approximate surface area is 256 Å². The van der Waals surface area contributed by atoms with E-state index >= 15 is 0 Å². The maximum Gasteiger partial charge on any atom is 0.412 e. The number of amides is 1. The van der Waals surface area contributed by atoms with Crippen molar-refractivity contribution >= 4 is 93.9 Å². The zero-order valence-electron chi connectivity index (χ0n) is 21.2. The summed E-state index contributed by atoms with van der Waals surface area (Å²) in [7, 11) is 0. The van der Waals surface area contributed by atoms with Crippen molar-refractivity contribution in [3.63, 3.8) is 0 Å². The molecule has 1 fully saturated rings. The fourth-order valence-electron chi connectivity index (χ4n) is 4.92. The highest BCUT2D eigenvalue weighted by molar-refractivity contribution is 6.67. The number of isocyanates is 1. The van der Waals surface area contributed by atoms with Gasteiger partial charge in [0.05, 0.1) is 6.54 Å². The largest absolute Gasteiger partial charge is 0.412 e. The number of aromatic nitrogens is 3. The van der Waals surface area contributed by atoms with Gasteiger partial charge >= 0.3 is 6.09 Å². The van der Waals surface area contributed by atoms with E-state index in [4.69, 9.17) is 74.3 Å². The molecule has 1 aromatic carbocycles. The first kappa shape index (κ1) is 31.9. The van der Waals surface area contributed by atoms with Crippen LogP contribution in [0.3, 0.4) is 0 Å². The van der Waals surface area contributed by atoms with Gasteiger partial charge in [0.15, 0.2) is 17.5 Å². The average Bonchev–Trinajstić information content (AvgIpc) is 2.79. The molecule has 0 bridgehead atoms. The van der Waals surface area contributed by atoms with Crippen molar-refractivity contribution in [1.82, 2.24) is 20.3 Å². The molecule has 0 aliphatic heterocycles. The summed E-state index contributed by atoms with van der Waals surface area (Å²) >= 11 is 35.4. The molecule has 1 amide bonds. The molecule has 2 unspecified atom stereocenters. The van der Waals surface area contributed by atoms with Gasteiger partial charge in [-0.15, -0.1) is 0 Å². The summed E-state index contributed by atoms with van der Waals surface area (Å²) in [5, 5.41) is 2.95. The number of nitrogens with zero attached hydrogens (tertiary/aromatic N) is 4. The lowest BCUT2D eigenvalue weighted by atomic mass is 9.62. The van der Waals surface area contributed by atoms with E-state index in [1.807, 2.05) is 0 Å². The summed E-state index contributed by atoms with van der Waals surface area (Å²) in [6, 6.07) is 6.61. The van der Waals surface area contributed by atoms with Crippen molar-refractivity contribution in [2.75, 3.05) is 6.54 Å². The number of rotatable bonds is 6. The van der Waals surface area contributed by atoms with Gasteiger partial charge in [0, 0.05) is 6.04 Å². The Bertz CT molecular complexity index is 1240. The lowest BCUT2D eigenvalue weighted by molar-refractivity contribution is 0.0774. The Hall–Kier alpha value is -1.64. The molecule has 0 saturated heterocycles. The van der Waals surface area contributed by atoms with E-state index in [1.54, 1.807) is 36.4 Å². The number of nitrogens with one attached hydrogen (secondary N) is 1. The average molecular weight is 656 g/mol. The van der Waals surface area contributed by atoms with E-state index in [0.29, 0.717) is 18.7 Å². The van der Waals surface area contributed by atoms with Crippen molar-refractivity contribution in [1.29, 1.82) is 0 Å². The van der Waals surface area contributed by atoms with Gasteiger partial charge in [-0.2, -0.15) is 0 Å². The maximum atomic E-state index is 12.6. The van der Waals surface area contributed by atoms with Crippen LogP contribution in [-0.4, -0.2) is 39.7 Å². The molecule has 1 aliphatic rings. The number of hydrogen-bond acceptors (Lipinski definition) is 7. The predicted molar refractivity (Wildman–Crippen MR) is 155 cm³/mol. The number of carbonyl (C=O) groups is 1. The zero-order chi connectivity index (χ0) is 29.1. The molecule has 0 spiro atoms. The first-order valence-corrected chi connectivity index (χ1v) is 14.0. The molecule has 1 N–H and O–H groups in total. The van der Waals surface area contributed by atoms with Gasteiger partial charge in [-0.05, 0) is 53.9 Å². The van der Waals surface area contributed by atoms with Crippen LogP contribution in [0.1, 0.15) is 63.1 Å². The molecule has 1 saturated carbocycles. The summed E-state index contributed by atoms with van der Waals surface area (Å²) in [4.78, 5) is 39.1. The second kappa shape index (κ2) is 12.5. The number of ether oxygens (including phenoxy) is 1. The van der Waals surface area contributed by atoms with Crippen LogP contribution in [-0.2, 0) is 12.4 Å². The summed E-state index contributed by atoms with van der Waals surface area (Å²) in [6.07, 6.45) is 6.60. The Morgan fingerprint density at radius 2 is 1.62 bits per heavy atom. The van der Waals surface area contributed by atoms with Crippen LogP contribution < -0.4 is 10.1 Å².